The minimum atomic E-state index is -3.45. The van der Waals surface area contributed by atoms with E-state index in [1.165, 1.54) is 6.20 Å². The van der Waals surface area contributed by atoms with Crippen LogP contribution in [0.5, 0.6) is 0 Å². The molecule has 0 fully saturated rings. The van der Waals surface area contributed by atoms with Gasteiger partial charge in [0, 0.05) is 12.2 Å². The van der Waals surface area contributed by atoms with Gasteiger partial charge in [-0.1, -0.05) is 11.6 Å². The number of pyridine rings is 1. The van der Waals surface area contributed by atoms with E-state index in [9.17, 15) is 13.2 Å². The Hall–Kier alpha value is -1.93. The second kappa shape index (κ2) is 7.00. The Kier molecular flexibility index (Phi) is 5.07. The second-order valence-corrected chi connectivity index (χ2v) is 9.63. The summed E-state index contributed by atoms with van der Waals surface area (Å²) < 4.78 is 26.8. The van der Waals surface area contributed by atoms with Gasteiger partial charge in [-0.05, 0) is 38.5 Å². The van der Waals surface area contributed by atoms with Gasteiger partial charge < -0.3 is 4.90 Å². The van der Waals surface area contributed by atoms with Crippen molar-refractivity contribution in [2.75, 3.05) is 0 Å². The summed E-state index contributed by atoms with van der Waals surface area (Å²) in [6.45, 7) is 5.90. The lowest BCUT2D eigenvalue weighted by molar-refractivity contribution is -0.134. The van der Waals surface area contributed by atoms with Crippen LogP contribution in [0.25, 0.3) is 0 Å². The molecule has 1 atom stereocenters. The summed E-state index contributed by atoms with van der Waals surface area (Å²) in [6, 6.07) is 3.33. The highest BCUT2D eigenvalue weighted by Gasteiger charge is 2.33. The lowest BCUT2D eigenvalue weighted by atomic mass is 10.1. The van der Waals surface area contributed by atoms with Gasteiger partial charge in [0.1, 0.15) is 10.0 Å². The largest absolute Gasteiger partial charge is 0.332 e. The average Bonchev–Trinajstić information content (AvgIpc) is 2.97. The zero-order valence-electron chi connectivity index (χ0n) is 14.9. The third-order valence-corrected chi connectivity index (χ3v) is 7.00. The van der Waals surface area contributed by atoms with Crippen LogP contribution in [-0.2, 0) is 34.1 Å². The summed E-state index contributed by atoms with van der Waals surface area (Å²) in [4.78, 5) is 18.6. The maximum absolute atomic E-state index is 12.8. The minimum absolute atomic E-state index is 0.0817. The zero-order chi connectivity index (χ0) is 19.1. The van der Waals surface area contributed by atoms with E-state index in [0.29, 0.717) is 17.4 Å². The Balaban J connectivity index is 1.87. The first-order valence-electron chi connectivity index (χ1n) is 8.38. The topological polar surface area (TPSA) is 85.2 Å². The Labute approximate surface area is 157 Å². The molecule has 2 aromatic rings. The fourth-order valence-electron chi connectivity index (χ4n) is 3.03. The van der Waals surface area contributed by atoms with E-state index in [-0.39, 0.29) is 29.8 Å². The van der Waals surface area contributed by atoms with Crippen LogP contribution < -0.4 is 0 Å². The Morgan fingerprint density at radius 2 is 2.15 bits per heavy atom. The van der Waals surface area contributed by atoms with Crippen molar-refractivity contribution in [2.45, 2.75) is 56.5 Å². The van der Waals surface area contributed by atoms with Gasteiger partial charge in [0.05, 0.1) is 36.7 Å². The normalized spacial score (nSPS) is 17.4. The zero-order valence-corrected chi connectivity index (χ0v) is 16.5. The van der Waals surface area contributed by atoms with Crippen molar-refractivity contribution in [2.24, 2.45) is 0 Å². The lowest BCUT2D eigenvalue weighted by Gasteiger charge is -2.34. The molecule has 2 aromatic heterocycles. The van der Waals surface area contributed by atoms with Crippen molar-refractivity contribution in [3.8, 4) is 0 Å². The maximum Gasteiger partial charge on any atom is 0.227 e. The number of hydrogen-bond donors (Lipinski definition) is 0. The van der Waals surface area contributed by atoms with E-state index >= 15 is 0 Å². The van der Waals surface area contributed by atoms with Crippen molar-refractivity contribution in [1.29, 1.82) is 0 Å². The van der Waals surface area contributed by atoms with Crippen LogP contribution in [0.15, 0.2) is 29.4 Å². The number of amides is 1. The standard InChI is InChI=1S/C17H21ClN4O3S/c1-11(2)26(24,25)15-8-20-22-9-12(3)21(10-14(15)22)17(23)7-13-4-5-19-16(18)6-13/h4-6,8,11-12H,7,9-10H2,1-3H3/t12-/m0/s1. The predicted octanol–water partition coefficient (Wildman–Crippen LogP) is 2.09. The third-order valence-electron chi connectivity index (χ3n) is 4.59. The van der Waals surface area contributed by atoms with Gasteiger partial charge in [-0.25, -0.2) is 13.4 Å². The van der Waals surface area contributed by atoms with E-state index in [0.717, 1.165) is 5.56 Å². The number of rotatable bonds is 4. The molecule has 0 bridgehead atoms. The van der Waals surface area contributed by atoms with E-state index in [2.05, 4.69) is 10.1 Å². The number of aromatic nitrogens is 3. The Morgan fingerprint density at radius 1 is 1.42 bits per heavy atom. The predicted molar refractivity (Wildman–Crippen MR) is 97.5 cm³/mol. The van der Waals surface area contributed by atoms with Crippen LogP contribution in [0.3, 0.4) is 0 Å². The molecular formula is C17H21ClN4O3S. The van der Waals surface area contributed by atoms with Gasteiger partial charge in [0.25, 0.3) is 0 Å². The summed E-state index contributed by atoms with van der Waals surface area (Å²) in [6.07, 6.45) is 3.15. The van der Waals surface area contributed by atoms with Crippen LogP contribution in [0.2, 0.25) is 5.15 Å². The molecule has 7 nitrogen and oxygen atoms in total. The van der Waals surface area contributed by atoms with Gasteiger partial charge in [-0.2, -0.15) is 5.10 Å². The molecule has 0 saturated heterocycles. The summed E-state index contributed by atoms with van der Waals surface area (Å²) in [5, 5.41) is 4.01. The molecule has 9 heteroatoms. The smallest absolute Gasteiger partial charge is 0.227 e. The van der Waals surface area contributed by atoms with E-state index in [4.69, 9.17) is 11.6 Å². The number of fused-ring (bicyclic) bond motifs is 1. The number of halogens is 1. The molecule has 140 valence electrons. The molecule has 0 radical (unpaired) electrons. The van der Waals surface area contributed by atoms with Crippen molar-refractivity contribution in [3.63, 3.8) is 0 Å². The molecule has 0 aliphatic carbocycles. The second-order valence-electron chi connectivity index (χ2n) is 6.77. The quantitative estimate of drug-likeness (QED) is 0.738. The maximum atomic E-state index is 12.8. The molecule has 3 heterocycles. The fourth-order valence-corrected chi connectivity index (χ4v) is 4.43. The summed E-state index contributed by atoms with van der Waals surface area (Å²) >= 11 is 5.88. The molecular weight excluding hydrogens is 376 g/mol. The molecule has 1 aliphatic rings. The highest BCUT2D eigenvalue weighted by atomic mass is 35.5. The van der Waals surface area contributed by atoms with E-state index in [1.54, 1.807) is 41.8 Å². The molecule has 0 N–H and O–H groups in total. The van der Waals surface area contributed by atoms with Gasteiger partial charge in [-0.15, -0.1) is 0 Å². The average molecular weight is 397 g/mol. The van der Waals surface area contributed by atoms with Crippen LogP contribution in [0, 0.1) is 0 Å². The van der Waals surface area contributed by atoms with E-state index < -0.39 is 15.1 Å². The van der Waals surface area contributed by atoms with Crippen molar-refractivity contribution < 1.29 is 13.2 Å². The molecule has 3 rings (SSSR count). The SMILES string of the molecule is CC(C)S(=O)(=O)c1cnn2c1CN(C(=O)Cc1ccnc(Cl)c1)[C@@H](C)C2. The van der Waals surface area contributed by atoms with E-state index in [1.807, 2.05) is 6.92 Å². The van der Waals surface area contributed by atoms with Crippen LogP contribution in [-0.4, -0.2) is 45.3 Å². The molecule has 0 saturated carbocycles. The number of carbonyl (C=O) groups is 1. The van der Waals surface area contributed by atoms with Gasteiger partial charge in [0.15, 0.2) is 9.84 Å². The number of hydrogen-bond acceptors (Lipinski definition) is 5. The first-order chi connectivity index (χ1) is 12.2. The Morgan fingerprint density at radius 3 is 2.81 bits per heavy atom. The molecule has 1 aliphatic heterocycles. The van der Waals surface area contributed by atoms with Gasteiger partial charge in [0.2, 0.25) is 5.91 Å². The number of carbonyl (C=O) groups excluding carboxylic acids is 1. The van der Waals surface area contributed by atoms with Gasteiger partial charge in [-0.3, -0.25) is 9.48 Å². The summed E-state index contributed by atoms with van der Waals surface area (Å²) in [5.74, 6) is -0.0832. The van der Waals surface area contributed by atoms with Crippen molar-refractivity contribution in [3.05, 3.63) is 40.9 Å². The van der Waals surface area contributed by atoms with Gasteiger partial charge >= 0.3 is 0 Å². The first kappa shape index (κ1) is 18.8. The highest BCUT2D eigenvalue weighted by Crippen LogP contribution is 2.27. The van der Waals surface area contributed by atoms with Crippen molar-refractivity contribution >= 4 is 27.3 Å². The fraction of sp³-hybridized carbons (Fsp3) is 0.471. The number of nitrogens with zero attached hydrogens (tertiary/aromatic N) is 4. The van der Waals surface area contributed by atoms with Crippen LogP contribution >= 0.6 is 11.6 Å². The first-order valence-corrected chi connectivity index (χ1v) is 10.3. The summed E-state index contributed by atoms with van der Waals surface area (Å²) in [7, 11) is -3.45. The molecule has 0 spiro atoms. The summed E-state index contributed by atoms with van der Waals surface area (Å²) in [5.41, 5.74) is 1.34. The molecule has 26 heavy (non-hydrogen) atoms. The van der Waals surface area contributed by atoms with Crippen molar-refractivity contribution in [1.82, 2.24) is 19.7 Å². The highest BCUT2D eigenvalue weighted by molar-refractivity contribution is 7.92. The molecule has 1 amide bonds. The lowest BCUT2D eigenvalue weighted by Crippen LogP contribution is -2.46. The number of sulfone groups is 1. The third kappa shape index (κ3) is 3.48. The monoisotopic (exact) mass is 396 g/mol. The van der Waals surface area contributed by atoms with Crippen LogP contribution in [0.1, 0.15) is 32.0 Å². The molecule has 0 unspecified atom stereocenters. The minimum Gasteiger partial charge on any atom is -0.332 e. The Bertz CT molecular complexity index is 939. The van der Waals surface area contributed by atoms with Crippen LogP contribution in [0.4, 0.5) is 0 Å². The molecule has 0 aromatic carbocycles.